The van der Waals surface area contributed by atoms with Gasteiger partial charge in [0.2, 0.25) is 5.91 Å². The summed E-state index contributed by atoms with van der Waals surface area (Å²) in [5, 5.41) is 10.8. The molecule has 0 saturated carbocycles. The maximum atomic E-state index is 12.2. The predicted octanol–water partition coefficient (Wildman–Crippen LogP) is 1.78. The molecular formula is C12H15NO3S. The van der Waals surface area contributed by atoms with Gasteiger partial charge in [0.15, 0.2) is 0 Å². The van der Waals surface area contributed by atoms with E-state index < -0.39 is 11.9 Å². The van der Waals surface area contributed by atoms with Crippen LogP contribution in [-0.2, 0) is 9.59 Å². The lowest BCUT2D eigenvalue weighted by molar-refractivity contribution is -0.141. The van der Waals surface area contributed by atoms with Gasteiger partial charge in [-0.15, -0.1) is 11.3 Å². The number of hydrogen-bond donors (Lipinski definition) is 1. The van der Waals surface area contributed by atoms with Crippen LogP contribution in [0.2, 0.25) is 0 Å². The first kappa shape index (κ1) is 12.1. The molecule has 0 aliphatic carbocycles. The van der Waals surface area contributed by atoms with E-state index in [0.717, 1.165) is 4.88 Å². The molecule has 1 saturated heterocycles. The number of carboxylic acid groups (broad SMARTS) is 1. The van der Waals surface area contributed by atoms with E-state index in [1.807, 2.05) is 24.4 Å². The van der Waals surface area contributed by atoms with Crippen molar-refractivity contribution >= 4 is 23.2 Å². The van der Waals surface area contributed by atoms with Crippen molar-refractivity contribution in [2.75, 3.05) is 13.1 Å². The van der Waals surface area contributed by atoms with E-state index >= 15 is 0 Å². The Kier molecular flexibility index (Phi) is 3.47. The molecule has 1 fully saturated rings. The summed E-state index contributed by atoms with van der Waals surface area (Å²) in [5.74, 6) is -1.32. The summed E-state index contributed by atoms with van der Waals surface area (Å²) < 4.78 is 0. The number of carbonyl (C=O) groups excluding carboxylic acids is 1. The summed E-state index contributed by atoms with van der Waals surface area (Å²) in [6, 6.07) is 3.87. The number of rotatable bonds is 3. The summed E-state index contributed by atoms with van der Waals surface area (Å²) in [4.78, 5) is 25.7. The molecule has 0 unspecified atom stereocenters. The average Bonchev–Trinajstić information content (AvgIpc) is 2.97. The molecule has 0 bridgehead atoms. The predicted molar refractivity (Wildman–Crippen MR) is 65.1 cm³/mol. The summed E-state index contributed by atoms with van der Waals surface area (Å²) in [6.45, 7) is 2.79. The first-order chi connectivity index (χ1) is 8.09. The van der Waals surface area contributed by atoms with Crippen LogP contribution in [0.25, 0.3) is 0 Å². The smallest absolute Gasteiger partial charge is 0.308 e. The largest absolute Gasteiger partial charge is 0.481 e. The second-order valence-corrected chi connectivity index (χ2v) is 5.32. The molecular weight excluding hydrogens is 238 g/mol. The van der Waals surface area contributed by atoms with E-state index in [4.69, 9.17) is 5.11 Å². The zero-order valence-corrected chi connectivity index (χ0v) is 10.4. The van der Waals surface area contributed by atoms with Gasteiger partial charge >= 0.3 is 5.97 Å². The number of carbonyl (C=O) groups is 2. The lowest BCUT2D eigenvalue weighted by atomic mass is 10.1. The lowest BCUT2D eigenvalue weighted by Gasteiger charge is -2.19. The normalized spacial score (nSPS) is 21.5. The molecule has 0 spiro atoms. The highest BCUT2D eigenvalue weighted by Gasteiger charge is 2.33. The quantitative estimate of drug-likeness (QED) is 0.893. The Balaban J connectivity index is 2.00. The standard InChI is InChI=1S/C12H15NO3S/c1-8(10-3-2-6-17-10)11(14)13-5-4-9(7-13)12(15)16/h2-3,6,8-9H,4-5,7H2,1H3,(H,15,16)/t8-,9+/m0/s1. The minimum absolute atomic E-state index is 0.0381. The van der Waals surface area contributed by atoms with Crippen LogP contribution < -0.4 is 0 Å². The summed E-state index contributed by atoms with van der Waals surface area (Å²) in [6.07, 6.45) is 0.568. The van der Waals surface area contributed by atoms with Crippen LogP contribution in [0.4, 0.5) is 0 Å². The molecule has 1 aliphatic heterocycles. The van der Waals surface area contributed by atoms with Crippen molar-refractivity contribution in [3.8, 4) is 0 Å². The molecule has 0 radical (unpaired) electrons. The van der Waals surface area contributed by atoms with Crippen LogP contribution in [0.1, 0.15) is 24.1 Å². The fourth-order valence-corrected chi connectivity index (χ4v) is 2.87. The Hall–Kier alpha value is -1.36. The van der Waals surface area contributed by atoms with Crippen molar-refractivity contribution in [3.05, 3.63) is 22.4 Å². The third-order valence-electron chi connectivity index (χ3n) is 3.19. The molecule has 2 atom stereocenters. The lowest BCUT2D eigenvalue weighted by Crippen LogP contribution is -2.32. The average molecular weight is 253 g/mol. The Labute approximate surface area is 104 Å². The number of nitrogens with zero attached hydrogens (tertiary/aromatic N) is 1. The number of aliphatic carboxylic acids is 1. The Bertz CT molecular complexity index is 415. The number of thiophene rings is 1. The molecule has 2 heterocycles. The van der Waals surface area contributed by atoms with Gasteiger partial charge in [0.1, 0.15) is 0 Å². The minimum Gasteiger partial charge on any atom is -0.481 e. The Morgan fingerprint density at radius 1 is 1.59 bits per heavy atom. The highest BCUT2D eigenvalue weighted by Crippen LogP contribution is 2.26. The first-order valence-electron chi connectivity index (χ1n) is 5.64. The van der Waals surface area contributed by atoms with E-state index in [1.54, 1.807) is 16.2 Å². The molecule has 92 valence electrons. The van der Waals surface area contributed by atoms with Gasteiger partial charge in [-0.05, 0) is 24.8 Å². The molecule has 1 aromatic heterocycles. The zero-order valence-electron chi connectivity index (χ0n) is 9.63. The summed E-state index contributed by atoms with van der Waals surface area (Å²) in [5.41, 5.74) is 0. The third kappa shape index (κ3) is 2.49. The fourth-order valence-electron chi connectivity index (χ4n) is 2.10. The Morgan fingerprint density at radius 2 is 2.35 bits per heavy atom. The van der Waals surface area contributed by atoms with Crippen LogP contribution in [0.5, 0.6) is 0 Å². The van der Waals surface area contributed by atoms with Crippen LogP contribution in [0, 0.1) is 5.92 Å². The van der Waals surface area contributed by atoms with Crippen LogP contribution >= 0.6 is 11.3 Å². The molecule has 2 rings (SSSR count). The maximum Gasteiger partial charge on any atom is 0.308 e. The molecule has 1 amide bonds. The van der Waals surface area contributed by atoms with Gasteiger partial charge in [-0.1, -0.05) is 6.07 Å². The zero-order chi connectivity index (χ0) is 12.4. The Morgan fingerprint density at radius 3 is 2.88 bits per heavy atom. The van der Waals surface area contributed by atoms with Crippen LogP contribution in [-0.4, -0.2) is 35.0 Å². The summed E-state index contributed by atoms with van der Waals surface area (Å²) in [7, 11) is 0. The van der Waals surface area contributed by atoms with Gasteiger partial charge < -0.3 is 10.0 Å². The minimum atomic E-state index is -0.802. The van der Waals surface area contributed by atoms with Gasteiger partial charge in [-0.2, -0.15) is 0 Å². The van der Waals surface area contributed by atoms with Gasteiger partial charge in [0.25, 0.3) is 0 Å². The monoisotopic (exact) mass is 253 g/mol. The second-order valence-electron chi connectivity index (χ2n) is 4.35. The van der Waals surface area contributed by atoms with E-state index in [2.05, 4.69) is 0 Å². The van der Waals surface area contributed by atoms with Crippen molar-refractivity contribution in [1.29, 1.82) is 0 Å². The van der Waals surface area contributed by atoms with Crippen molar-refractivity contribution in [2.45, 2.75) is 19.3 Å². The van der Waals surface area contributed by atoms with Gasteiger partial charge in [-0.25, -0.2) is 0 Å². The number of likely N-dealkylation sites (tertiary alicyclic amines) is 1. The van der Waals surface area contributed by atoms with Crippen LogP contribution in [0.15, 0.2) is 17.5 Å². The van der Waals surface area contributed by atoms with Gasteiger partial charge in [0.05, 0.1) is 11.8 Å². The van der Waals surface area contributed by atoms with Crippen molar-refractivity contribution in [2.24, 2.45) is 5.92 Å². The molecule has 1 aromatic rings. The van der Waals surface area contributed by atoms with Crippen molar-refractivity contribution in [1.82, 2.24) is 4.90 Å². The highest BCUT2D eigenvalue weighted by molar-refractivity contribution is 7.10. The highest BCUT2D eigenvalue weighted by atomic mass is 32.1. The van der Waals surface area contributed by atoms with Gasteiger partial charge in [-0.3, -0.25) is 9.59 Å². The van der Waals surface area contributed by atoms with Crippen molar-refractivity contribution < 1.29 is 14.7 Å². The maximum absolute atomic E-state index is 12.2. The fraction of sp³-hybridized carbons (Fsp3) is 0.500. The molecule has 0 aromatic carbocycles. The third-order valence-corrected chi connectivity index (χ3v) is 4.24. The van der Waals surface area contributed by atoms with Crippen LogP contribution in [0.3, 0.4) is 0 Å². The number of carboxylic acids is 1. The first-order valence-corrected chi connectivity index (χ1v) is 6.52. The van der Waals surface area contributed by atoms with E-state index in [-0.39, 0.29) is 11.8 Å². The van der Waals surface area contributed by atoms with E-state index in [0.29, 0.717) is 19.5 Å². The second kappa shape index (κ2) is 4.87. The molecule has 4 nitrogen and oxygen atoms in total. The molecule has 1 aliphatic rings. The topological polar surface area (TPSA) is 57.6 Å². The summed E-state index contributed by atoms with van der Waals surface area (Å²) >= 11 is 1.56. The SMILES string of the molecule is C[C@H](C(=O)N1CC[C@@H](C(=O)O)C1)c1cccs1. The van der Waals surface area contributed by atoms with Crippen molar-refractivity contribution in [3.63, 3.8) is 0 Å². The van der Waals surface area contributed by atoms with Gasteiger partial charge in [0, 0.05) is 18.0 Å². The van der Waals surface area contributed by atoms with E-state index in [1.165, 1.54) is 0 Å². The molecule has 5 heteroatoms. The number of amides is 1. The number of hydrogen-bond acceptors (Lipinski definition) is 3. The molecule has 17 heavy (non-hydrogen) atoms. The molecule has 1 N–H and O–H groups in total. The van der Waals surface area contributed by atoms with E-state index in [9.17, 15) is 9.59 Å².